The summed E-state index contributed by atoms with van der Waals surface area (Å²) in [5.41, 5.74) is 13.3. The Hall–Kier alpha value is -3.25. The highest BCUT2D eigenvalue weighted by Crippen LogP contribution is 2.42. The molecule has 0 amide bonds. The van der Waals surface area contributed by atoms with Crippen molar-refractivity contribution >= 4 is 45.9 Å². The minimum Gasteiger partial charge on any atom is -0.508 e. The molecular weight excluding hydrogens is 435 g/mol. The molecule has 1 aromatic carbocycles. The Morgan fingerprint density at radius 3 is 2.76 bits per heavy atom. The molecule has 10 heteroatoms. The second kappa shape index (κ2) is 6.33. The average molecular weight is 446 g/mol. The molecule has 0 spiro atoms. The van der Waals surface area contributed by atoms with Crippen LogP contribution in [0.4, 0.5) is 17.3 Å². The fourth-order valence-corrected chi connectivity index (χ4v) is 3.18. The van der Waals surface area contributed by atoms with Gasteiger partial charge in [-0.2, -0.15) is 10.5 Å². The zero-order valence-corrected chi connectivity index (χ0v) is 14.7. The van der Waals surface area contributed by atoms with Gasteiger partial charge in [0.15, 0.2) is 6.19 Å². The fraction of sp³-hybridized carbons (Fsp3) is 0.0667. The van der Waals surface area contributed by atoms with E-state index >= 15 is 0 Å². The first kappa shape index (κ1) is 16.6. The van der Waals surface area contributed by atoms with Crippen LogP contribution in [0.5, 0.6) is 5.75 Å². The highest BCUT2D eigenvalue weighted by molar-refractivity contribution is 14.1. The van der Waals surface area contributed by atoms with Crippen LogP contribution in [-0.4, -0.2) is 16.1 Å². The number of nitrogens with zero attached hydrogens (tertiary/aromatic N) is 4. The van der Waals surface area contributed by atoms with Gasteiger partial charge >= 0.3 is 0 Å². The van der Waals surface area contributed by atoms with Crippen molar-refractivity contribution in [3.05, 3.63) is 38.5 Å². The van der Waals surface area contributed by atoms with E-state index in [0.29, 0.717) is 16.9 Å². The summed E-state index contributed by atoms with van der Waals surface area (Å²) in [5.74, 6) is 0.498. The van der Waals surface area contributed by atoms with Gasteiger partial charge in [-0.1, -0.05) is 0 Å². The second-order valence-electron chi connectivity index (χ2n) is 5.11. The van der Waals surface area contributed by atoms with Crippen molar-refractivity contribution in [1.82, 2.24) is 10.3 Å². The van der Waals surface area contributed by atoms with Crippen molar-refractivity contribution in [1.29, 1.82) is 10.5 Å². The smallest absolute Gasteiger partial charge is 0.211 e. The van der Waals surface area contributed by atoms with Gasteiger partial charge in [0.1, 0.15) is 35.1 Å². The maximum Gasteiger partial charge on any atom is 0.211 e. The molecule has 1 atom stereocenters. The lowest BCUT2D eigenvalue weighted by Crippen LogP contribution is -2.33. The third-order valence-corrected chi connectivity index (χ3v) is 4.61. The van der Waals surface area contributed by atoms with E-state index in [1.165, 1.54) is 0 Å². The van der Waals surface area contributed by atoms with E-state index in [-0.39, 0.29) is 28.8 Å². The molecule has 25 heavy (non-hydrogen) atoms. The molecule has 7 N–H and O–H groups in total. The molecule has 0 saturated carbocycles. The summed E-state index contributed by atoms with van der Waals surface area (Å²) in [4.78, 5) is 8.61. The number of guanidine groups is 1. The largest absolute Gasteiger partial charge is 0.508 e. The molecule has 1 aromatic heterocycles. The zero-order valence-electron chi connectivity index (χ0n) is 12.6. The van der Waals surface area contributed by atoms with Gasteiger partial charge in [-0.05, 0) is 46.4 Å². The van der Waals surface area contributed by atoms with E-state index in [2.05, 4.69) is 43.2 Å². The minimum absolute atomic E-state index is 0.0196. The number of aliphatic imine (C=N–C) groups is 1. The quantitative estimate of drug-likeness (QED) is 0.249. The summed E-state index contributed by atoms with van der Waals surface area (Å²) >= 11 is 2.11. The van der Waals surface area contributed by atoms with Crippen LogP contribution in [-0.2, 0) is 0 Å². The standard InChI is InChI=1S/C15H11IN8O/c16-9-2-1-6(25)3-7(9)12-10-11(19)8(4-17)13(20)23-14(10)24-15(22-12)21-5-18/h1-3,12,25H,(H6,19,20,21,22,23,24). The number of nitriles is 2. The number of nitrogens with one attached hydrogen (secondary N) is 2. The number of benzene rings is 1. The Morgan fingerprint density at radius 1 is 1.32 bits per heavy atom. The van der Waals surface area contributed by atoms with Gasteiger partial charge < -0.3 is 21.9 Å². The summed E-state index contributed by atoms with van der Waals surface area (Å²) in [5, 5.41) is 33.3. The van der Waals surface area contributed by atoms with Gasteiger partial charge in [-0.25, -0.2) is 9.98 Å². The highest BCUT2D eigenvalue weighted by atomic mass is 127. The topological polar surface area (TPSA) is 169 Å². The van der Waals surface area contributed by atoms with Crippen molar-refractivity contribution in [3.8, 4) is 18.0 Å². The summed E-state index contributed by atoms with van der Waals surface area (Å²) in [6.07, 6.45) is 1.78. The molecule has 1 aliphatic rings. The number of nitrogens with two attached hydrogens (primary N) is 2. The highest BCUT2D eigenvalue weighted by Gasteiger charge is 2.30. The third-order valence-electron chi connectivity index (χ3n) is 3.63. The summed E-state index contributed by atoms with van der Waals surface area (Å²) in [7, 11) is 0. The molecule has 2 heterocycles. The predicted molar refractivity (Wildman–Crippen MR) is 100 cm³/mol. The van der Waals surface area contributed by atoms with Crippen LogP contribution in [0.15, 0.2) is 23.2 Å². The van der Waals surface area contributed by atoms with Crippen molar-refractivity contribution in [3.63, 3.8) is 0 Å². The number of halogens is 1. The molecule has 2 aromatic rings. The molecule has 1 unspecified atom stereocenters. The number of rotatable bonds is 1. The number of nitrogen functional groups attached to an aromatic ring is 2. The van der Waals surface area contributed by atoms with Crippen molar-refractivity contribution in [2.24, 2.45) is 4.99 Å². The molecule has 0 aliphatic carbocycles. The Bertz CT molecular complexity index is 988. The van der Waals surface area contributed by atoms with E-state index < -0.39 is 6.04 Å². The van der Waals surface area contributed by atoms with Crippen LogP contribution in [0, 0.1) is 26.4 Å². The van der Waals surface area contributed by atoms with Crippen molar-refractivity contribution in [2.75, 3.05) is 16.8 Å². The van der Waals surface area contributed by atoms with E-state index in [9.17, 15) is 10.4 Å². The average Bonchev–Trinajstić information content (AvgIpc) is 2.57. The van der Waals surface area contributed by atoms with Gasteiger partial charge in [-0.15, -0.1) is 0 Å². The molecule has 9 nitrogen and oxygen atoms in total. The second-order valence-corrected chi connectivity index (χ2v) is 6.27. The Balaban J connectivity index is 2.30. The molecule has 0 radical (unpaired) electrons. The van der Waals surface area contributed by atoms with Gasteiger partial charge in [0, 0.05) is 9.13 Å². The lowest BCUT2D eigenvalue weighted by Gasteiger charge is -2.26. The van der Waals surface area contributed by atoms with E-state index in [0.717, 1.165) is 3.57 Å². The minimum atomic E-state index is -0.675. The predicted octanol–water partition coefficient (Wildman–Crippen LogP) is 1.37. The van der Waals surface area contributed by atoms with Crippen LogP contribution >= 0.6 is 22.6 Å². The number of phenolic OH excluding ortho intramolecular Hbond substituents is 1. The van der Waals surface area contributed by atoms with Crippen molar-refractivity contribution in [2.45, 2.75) is 6.04 Å². The first-order chi connectivity index (χ1) is 12.0. The van der Waals surface area contributed by atoms with Gasteiger partial charge in [-0.3, -0.25) is 5.32 Å². The number of hydrogen-bond acceptors (Lipinski definition) is 9. The summed E-state index contributed by atoms with van der Waals surface area (Å²) in [6.45, 7) is 0. The Morgan fingerprint density at radius 2 is 2.08 bits per heavy atom. The number of anilines is 3. The van der Waals surface area contributed by atoms with E-state index in [1.807, 2.05) is 6.07 Å². The number of phenols is 1. The van der Waals surface area contributed by atoms with E-state index in [1.54, 1.807) is 24.4 Å². The van der Waals surface area contributed by atoms with Gasteiger partial charge in [0.2, 0.25) is 5.96 Å². The SMILES string of the molecule is N#CNC1=NC(c2cc(O)ccc2I)c2c(nc(N)c(C#N)c2N)N1. The molecule has 124 valence electrons. The van der Waals surface area contributed by atoms with Gasteiger partial charge in [0.05, 0.1) is 5.69 Å². The number of hydrogen-bond donors (Lipinski definition) is 5. The molecule has 3 rings (SSSR count). The number of fused-ring (bicyclic) bond motifs is 1. The third kappa shape index (κ3) is 2.83. The normalized spacial score (nSPS) is 15.2. The lowest BCUT2D eigenvalue weighted by atomic mass is 9.95. The molecule has 0 fully saturated rings. The van der Waals surface area contributed by atoms with Crippen LogP contribution in [0.2, 0.25) is 0 Å². The molecule has 0 saturated heterocycles. The number of aromatic hydroxyl groups is 1. The monoisotopic (exact) mass is 446 g/mol. The Kier molecular flexibility index (Phi) is 4.21. The summed E-state index contributed by atoms with van der Waals surface area (Å²) < 4.78 is 0.822. The lowest BCUT2D eigenvalue weighted by molar-refractivity contribution is 0.474. The number of aromatic nitrogens is 1. The van der Waals surface area contributed by atoms with Crippen LogP contribution in [0.25, 0.3) is 0 Å². The molecular formula is C15H11IN8O. The van der Waals surface area contributed by atoms with Crippen LogP contribution < -0.4 is 22.1 Å². The molecule has 0 bridgehead atoms. The first-order valence-corrected chi connectivity index (χ1v) is 8.01. The van der Waals surface area contributed by atoms with Crippen LogP contribution in [0.1, 0.15) is 22.7 Å². The molecule has 1 aliphatic heterocycles. The van der Waals surface area contributed by atoms with Crippen molar-refractivity contribution < 1.29 is 5.11 Å². The van der Waals surface area contributed by atoms with E-state index in [4.69, 9.17) is 16.7 Å². The van der Waals surface area contributed by atoms with Gasteiger partial charge in [0.25, 0.3) is 0 Å². The summed E-state index contributed by atoms with van der Waals surface area (Å²) in [6, 6.07) is 6.10. The van der Waals surface area contributed by atoms with Crippen LogP contribution in [0.3, 0.4) is 0 Å². The maximum atomic E-state index is 9.84. The maximum absolute atomic E-state index is 9.84. The fourth-order valence-electron chi connectivity index (χ4n) is 2.55. The number of pyridine rings is 1. The zero-order chi connectivity index (χ0) is 18.1. The first-order valence-electron chi connectivity index (χ1n) is 6.93. The Labute approximate surface area is 156 Å².